The van der Waals surface area contributed by atoms with Gasteiger partial charge in [-0.15, -0.1) is 11.3 Å². The van der Waals surface area contributed by atoms with Crippen LogP contribution in [0.2, 0.25) is 0 Å². The summed E-state index contributed by atoms with van der Waals surface area (Å²) in [5, 5.41) is 5.10. The number of benzene rings is 7. The lowest BCUT2D eigenvalue weighted by Crippen LogP contribution is -2.10. The van der Waals surface area contributed by atoms with E-state index in [1.807, 2.05) is 11.3 Å². The molecular formula is C40H27NS. The Hall–Kier alpha value is -5.18. The summed E-state index contributed by atoms with van der Waals surface area (Å²) in [4.78, 5) is 2.39. The van der Waals surface area contributed by atoms with Crippen LogP contribution >= 0.6 is 11.3 Å². The van der Waals surface area contributed by atoms with Gasteiger partial charge in [0.15, 0.2) is 0 Å². The van der Waals surface area contributed by atoms with Crippen LogP contribution in [0.3, 0.4) is 0 Å². The summed E-state index contributed by atoms with van der Waals surface area (Å²) in [5.74, 6) is 0. The van der Waals surface area contributed by atoms with Crippen molar-refractivity contribution in [2.75, 3.05) is 4.90 Å². The predicted octanol–water partition coefficient (Wildman–Crippen LogP) is 12.0. The second kappa shape index (κ2) is 10.3. The monoisotopic (exact) mass is 553 g/mol. The molecule has 0 spiro atoms. The van der Waals surface area contributed by atoms with Gasteiger partial charge < -0.3 is 4.90 Å². The third kappa shape index (κ3) is 4.25. The molecule has 2 heteroatoms. The number of rotatable bonds is 5. The smallest absolute Gasteiger partial charge is 0.0540 e. The van der Waals surface area contributed by atoms with E-state index in [1.54, 1.807) is 0 Å². The molecule has 0 unspecified atom stereocenters. The lowest BCUT2D eigenvalue weighted by atomic mass is 10.0. The van der Waals surface area contributed by atoms with Crippen molar-refractivity contribution in [3.63, 3.8) is 0 Å². The molecule has 0 atom stereocenters. The zero-order chi connectivity index (χ0) is 27.9. The highest BCUT2D eigenvalue weighted by Gasteiger charge is 2.17. The lowest BCUT2D eigenvalue weighted by Gasteiger charge is -2.27. The van der Waals surface area contributed by atoms with Crippen molar-refractivity contribution < 1.29 is 0 Å². The first kappa shape index (κ1) is 24.6. The standard InChI is InChI=1S/C40H27NS/c1-2-11-28(12-3-1)29-23-25-32(26-24-29)41(38-21-9-14-30-13-4-5-17-34(30)38)33-16-8-15-31(27-33)35-19-10-20-37-36-18-6-7-22-39(36)42-40(35)37/h1-27H. The molecule has 198 valence electrons. The number of anilines is 3. The normalized spacial score (nSPS) is 11.3. The van der Waals surface area contributed by atoms with E-state index < -0.39 is 0 Å². The lowest BCUT2D eigenvalue weighted by molar-refractivity contribution is 1.30. The van der Waals surface area contributed by atoms with Gasteiger partial charge in [0.05, 0.1) is 5.69 Å². The summed E-state index contributed by atoms with van der Waals surface area (Å²) >= 11 is 1.88. The van der Waals surface area contributed by atoms with Crippen molar-refractivity contribution in [3.8, 4) is 22.3 Å². The SMILES string of the molecule is c1ccc(-c2ccc(N(c3cccc(-c4cccc5c4sc4ccccc45)c3)c3cccc4ccccc34)cc2)cc1. The van der Waals surface area contributed by atoms with Crippen molar-refractivity contribution in [2.45, 2.75) is 0 Å². The first-order valence-electron chi connectivity index (χ1n) is 14.3. The van der Waals surface area contributed by atoms with Gasteiger partial charge in [-0.1, -0.05) is 127 Å². The molecule has 0 radical (unpaired) electrons. The van der Waals surface area contributed by atoms with E-state index in [4.69, 9.17) is 0 Å². The fraction of sp³-hybridized carbons (Fsp3) is 0. The van der Waals surface area contributed by atoms with E-state index in [1.165, 1.54) is 53.2 Å². The minimum absolute atomic E-state index is 1.13. The van der Waals surface area contributed by atoms with E-state index in [-0.39, 0.29) is 0 Å². The summed E-state index contributed by atoms with van der Waals surface area (Å²) in [7, 11) is 0. The fourth-order valence-corrected chi connectivity index (χ4v) is 7.29. The van der Waals surface area contributed by atoms with Crippen molar-refractivity contribution >= 4 is 59.3 Å². The first-order valence-corrected chi connectivity index (χ1v) is 15.1. The summed E-state index contributed by atoms with van der Waals surface area (Å²) in [6.45, 7) is 0. The van der Waals surface area contributed by atoms with Crippen LogP contribution in [-0.2, 0) is 0 Å². The highest BCUT2D eigenvalue weighted by molar-refractivity contribution is 7.26. The Kier molecular flexibility index (Phi) is 6.05. The van der Waals surface area contributed by atoms with E-state index in [0.29, 0.717) is 0 Å². The molecule has 8 aromatic rings. The Balaban J connectivity index is 1.31. The van der Waals surface area contributed by atoms with Crippen LogP contribution in [0.5, 0.6) is 0 Å². The highest BCUT2D eigenvalue weighted by atomic mass is 32.1. The maximum Gasteiger partial charge on any atom is 0.0540 e. The number of hydrogen-bond donors (Lipinski definition) is 0. The average molecular weight is 554 g/mol. The quantitative estimate of drug-likeness (QED) is 0.205. The van der Waals surface area contributed by atoms with Gasteiger partial charge in [0.25, 0.3) is 0 Å². The van der Waals surface area contributed by atoms with Gasteiger partial charge in [0.2, 0.25) is 0 Å². The zero-order valence-corrected chi connectivity index (χ0v) is 23.8. The van der Waals surface area contributed by atoms with Crippen LogP contribution in [0, 0.1) is 0 Å². The van der Waals surface area contributed by atoms with E-state index in [9.17, 15) is 0 Å². The van der Waals surface area contributed by atoms with Crippen LogP contribution in [0.15, 0.2) is 164 Å². The second-order valence-electron chi connectivity index (χ2n) is 10.6. The number of nitrogens with zero attached hydrogens (tertiary/aromatic N) is 1. The Labute approximate surface area is 249 Å². The van der Waals surface area contributed by atoms with Crippen molar-refractivity contribution in [1.82, 2.24) is 0 Å². The summed E-state index contributed by atoms with van der Waals surface area (Å²) in [6, 6.07) is 59.1. The molecule has 0 amide bonds. The average Bonchev–Trinajstić information content (AvgIpc) is 3.45. The van der Waals surface area contributed by atoms with Gasteiger partial charge in [0.1, 0.15) is 0 Å². The van der Waals surface area contributed by atoms with Gasteiger partial charge in [-0.3, -0.25) is 0 Å². The topological polar surface area (TPSA) is 3.24 Å². The van der Waals surface area contributed by atoms with Gasteiger partial charge >= 0.3 is 0 Å². The minimum Gasteiger partial charge on any atom is -0.310 e. The molecule has 8 rings (SSSR count). The van der Waals surface area contributed by atoms with Gasteiger partial charge in [0, 0.05) is 36.9 Å². The maximum atomic E-state index is 2.39. The Morgan fingerprint density at radius 1 is 0.405 bits per heavy atom. The van der Waals surface area contributed by atoms with Crippen LogP contribution < -0.4 is 4.90 Å². The second-order valence-corrected chi connectivity index (χ2v) is 11.6. The molecule has 0 N–H and O–H groups in total. The molecule has 0 bridgehead atoms. The Bertz CT molecular complexity index is 2190. The van der Waals surface area contributed by atoms with Crippen LogP contribution in [-0.4, -0.2) is 0 Å². The highest BCUT2D eigenvalue weighted by Crippen LogP contribution is 2.43. The van der Waals surface area contributed by atoms with E-state index in [2.05, 4.69) is 169 Å². The summed E-state index contributed by atoms with van der Waals surface area (Å²) in [6.07, 6.45) is 0. The third-order valence-corrected chi connectivity index (χ3v) is 9.28. The van der Waals surface area contributed by atoms with Crippen LogP contribution in [0.1, 0.15) is 0 Å². The predicted molar refractivity (Wildman–Crippen MR) is 182 cm³/mol. The van der Waals surface area contributed by atoms with Crippen LogP contribution in [0.25, 0.3) is 53.2 Å². The molecule has 0 aliphatic heterocycles. The molecule has 42 heavy (non-hydrogen) atoms. The van der Waals surface area contributed by atoms with Crippen molar-refractivity contribution in [3.05, 3.63) is 164 Å². The van der Waals surface area contributed by atoms with Gasteiger partial charge in [-0.2, -0.15) is 0 Å². The molecule has 7 aromatic carbocycles. The minimum atomic E-state index is 1.13. The molecule has 1 heterocycles. The largest absolute Gasteiger partial charge is 0.310 e. The molecular weight excluding hydrogens is 527 g/mol. The van der Waals surface area contributed by atoms with Gasteiger partial charge in [-0.25, -0.2) is 0 Å². The molecule has 0 aliphatic rings. The van der Waals surface area contributed by atoms with E-state index >= 15 is 0 Å². The Morgan fingerprint density at radius 2 is 1.05 bits per heavy atom. The van der Waals surface area contributed by atoms with E-state index in [0.717, 1.165) is 17.1 Å². The molecule has 0 saturated carbocycles. The van der Waals surface area contributed by atoms with Gasteiger partial charge in [-0.05, 0) is 64.0 Å². The maximum absolute atomic E-state index is 2.39. The van der Waals surface area contributed by atoms with Crippen molar-refractivity contribution in [2.24, 2.45) is 0 Å². The zero-order valence-electron chi connectivity index (χ0n) is 22.9. The number of hydrogen-bond acceptors (Lipinski definition) is 2. The number of thiophene rings is 1. The summed E-state index contributed by atoms with van der Waals surface area (Å²) < 4.78 is 2.66. The fourth-order valence-electron chi connectivity index (χ4n) is 6.05. The third-order valence-electron chi connectivity index (χ3n) is 8.06. The first-order chi connectivity index (χ1) is 20.8. The number of fused-ring (bicyclic) bond motifs is 4. The molecule has 1 nitrogen and oxygen atoms in total. The molecule has 1 aromatic heterocycles. The molecule has 0 aliphatic carbocycles. The van der Waals surface area contributed by atoms with Crippen LogP contribution in [0.4, 0.5) is 17.1 Å². The molecule has 0 saturated heterocycles. The summed E-state index contributed by atoms with van der Waals surface area (Å²) in [5.41, 5.74) is 8.35. The van der Waals surface area contributed by atoms with Crippen molar-refractivity contribution in [1.29, 1.82) is 0 Å². The Morgan fingerprint density at radius 3 is 1.93 bits per heavy atom. The molecule has 0 fully saturated rings.